The van der Waals surface area contributed by atoms with E-state index in [1.54, 1.807) is 7.11 Å². The maximum Gasteiger partial charge on any atom is 0.314 e. The number of hydrogen-bond acceptors (Lipinski definition) is 3. The third kappa shape index (κ3) is 4.88. The summed E-state index contributed by atoms with van der Waals surface area (Å²) in [6.45, 7) is 9.56. The van der Waals surface area contributed by atoms with Crippen LogP contribution in [-0.2, 0) is 14.3 Å². The van der Waals surface area contributed by atoms with Gasteiger partial charge in [0.25, 0.3) is 0 Å². The van der Waals surface area contributed by atoms with Gasteiger partial charge in [-0.3, -0.25) is 4.79 Å². The van der Waals surface area contributed by atoms with Crippen LogP contribution >= 0.6 is 0 Å². The van der Waals surface area contributed by atoms with Crippen LogP contribution in [0.1, 0.15) is 34.6 Å². The summed E-state index contributed by atoms with van der Waals surface area (Å²) in [4.78, 5) is 11.6. The molecule has 0 saturated heterocycles. The third-order valence-electron chi connectivity index (χ3n) is 1.46. The quantitative estimate of drug-likeness (QED) is 0.635. The van der Waals surface area contributed by atoms with Gasteiger partial charge in [-0.2, -0.15) is 0 Å². The zero-order valence-corrected chi connectivity index (χ0v) is 9.43. The van der Waals surface area contributed by atoms with Gasteiger partial charge in [0.2, 0.25) is 0 Å². The topological polar surface area (TPSA) is 35.5 Å². The SMILES string of the molecule is COCC(C)(C)C(=O)OC(C)(C)C. The fraction of sp³-hybridized carbons (Fsp3) is 0.900. The zero-order chi connectivity index (χ0) is 10.7. The van der Waals surface area contributed by atoms with Crippen molar-refractivity contribution < 1.29 is 14.3 Å². The van der Waals surface area contributed by atoms with Crippen molar-refractivity contribution in [3.8, 4) is 0 Å². The highest BCUT2D eigenvalue weighted by molar-refractivity contribution is 5.76. The third-order valence-corrected chi connectivity index (χ3v) is 1.46. The van der Waals surface area contributed by atoms with Crippen molar-refractivity contribution in [1.29, 1.82) is 0 Å². The fourth-order valence-electron chi connectivity index (χ4n) is 0.836. The Labute approximate surface area is 80.4 Å². The molecule has 0 N–H and O–H groups in total. The summed E-state index contributed by atoms with van der Waals surface area (Å²) in [5.41, 5.74) is -0.996. The minimum Gasteiger partial charge on any atom is -0.459 e. The molecular weight excluding hydrogens is 168 g/mol. The van der Waals surface area contributed by atoms with Crippen molar-refractivity contribution in [2.75, 3.05) is 13.7 Å². The molecule has 0 saturated carbocycles. The molecule has 0 aromatic rings. The van der Waals surface area contributed by atoms with Crippen LogP contribution in [0, 0.1) is 5.41 Å². The molecular formula is C10H20O3. The molecule has 0 heterocycles. The predicted octanol–water partition coefficient (Wildman–Crippen LogP) is 2.00. The van der Waals surface area contributed by atoms with E-state index in [9.17, 15) is 4.79 Å². The van der Waals surface area contributed by atoms with Crippen molar-refractivity contribution in [3.05, 3.63) is 0 Å². The van der Waals surface area contributed by atoms with Gasteiger partial charge >= 0.3 is 5.97 Å². The van der Waals surface area contributed by atoms with Crippen molar-refractivity contribution in [3.63, 3.8) is 0 Å². The second-order valence-electron chi connectivity index (χ2n) is 4.82. The van der Waals surface area contributed by atoms with Gasteiger partial charge in [0.1, 0.15) is 5.60 Å². The summed E-state index contributed by atoms with van der Waals surface area (Å²) < 4.78 is 10.2. The number of ether oxygens (including phenoxy) is 2. The molecule has 3 heteroatoms. The molecule has 0 atom stereocenters. The van der Waals surface area contributed by atoms with Crippen LogP contribution in [0.15, 0.2) is 0 Å². The number of methoxy groups -OCH3 is 1. The summed E-state index contributed by atoms with van der Waals surface area (Å²) >= 11 is 0. The molecule has 0 unspecified atom stereocenters. The maximum atomic E-state index is 11.6. The van der Waals surface area contributed by atoms with Crippen LogP contribution in [0.3, 0.4) is 0 Å². The smallest absolute Gasteiger partial charge is 0.314 e. The summed E-state index contributed by atoms with van der Waals surface area (Å²) in [5.74, 6) is -0.221. The van der Waals surface area contributed by atoms with Crippen molar-refractivity contribution in [1.82, 2.24) is 0 Å². The van der Waals surface area contributed by atoms with E-state index in [1.165, 1.54) is 0 Å². The summed E-state index contributed by atoms with van der Waals surface area (Å²) in [6.07, 6.45) is 0. The second-order valence-corrected chi connectivity index (χ2v) is 4.82. The molecule has 0 rings (SSSR count). The highest BCUT2D eigenvalue weighted by atomic mass is 16.6. The highest BCUT2D eigenvalue weighted by Crippen LogP contribution is 2.21. The summed E-state index contributed by atoms with van der Waals surface area (Å²) in [6, 6.07) is 0. The maximum absolute atomic E-state index is 11.6. The Hall–Kier alpha value is -0.570. The van der Waals surface area contributed by atoms with Gasteiger partial charge in [-0.15, -0.1) is 0 Å². The number of hydrogen-bond donors (Lipinski definition) is 0. The molecule has 0 fully saturated rings. The molecule has 13 heavy (non-hydrogen) atoms. The van der Waals surface area contributed by atoms with Crippen LogP contribution in [-0.4, -0.2) is 25.3 Å². The minimum atomic E-state index is -0.567. The molecule has 0 aromatic carbocycles. The first-order chi connectivity index (χ1) is 5.69. The fourth-order valence-corrected chi connectivity index (χ4v) is 0.836. The van der Waals surface area contributed by atoms with E-state index in [0.717, 1.165) is 0 Å². The molecule has 0 aliphatic carbocycles. The van der Waals surface area contributed by atoms with Crippen molar-refractivity contribution in [2.45, 2.75) is 40.2 Å². The van der Waals surface area contributed by atoms with E-state index in [1.807, 2.05) is 34.6 Å². The Bertz CT molecular complexity index is 177. The van der Waals surface area contributed by atoms with Gasteiger partial charge in [-0.25, -0.2) is 0 Å². The molecule has 0 radical (unpaired) electrons. The number of carbonyl (C=O) groups is 1. The monoisotopic (exact) mass is 188 g/mol. The molecule has 3 nitrogen and oxygen atoms in total. The molecule has 0 amide bonds. The Balaban J connectivity index is 4.25. The van der Waals surface area contributed by atoms with Gasteiger partial charge in [-0.1, -0.05) is 0 Å². The molecule has 78 valence electrons. The normalized spacial score (nSPS) is 12.8. The zero-order valence-electron chi connectivity index (χ0n) is 9.43. The first-order valence-electron chi connectivity index (χ1n) is 4.41. The molecule has 0 spiro atoms. The van der Waals surface area contributed by atoms with E-state index in [0.29, 0.717) is 6.61 Å². The van der Waals surface area contributed by atoms with Crippen LogP contribution in [0.4, 0.5) is 0 Å². The lowest BCUT2D eigenvalue weighted by atomic mass is 9.95. The molecule has 0 bridgehead atoms. The van der Waals surface area contributed by atoms with Crippen LogP contribution in [0.2, 0.25) is 0 Å². The Morgan fingerprint density at radius 2 is 1.62 bits per heavy atom. The van der Waals surface area contributed by atoms with Gasteiger partial charge in [0, 0.05) is 7.11 Å². The van der Waals surface area contributed by atoms with Gasteiger partial charge in [0.05, 0.1) is 12.0 Å². The minimum absolute atomic E-state index is 0.221. The Kier molecular flexibility index (Phi) is 3.91. The number of rotatable bonds is 3. The van der Waals surface area contributed by atoms with Crippen molar-refractivity contribution in [2.24, 2.45) is 5.41 Å². The van der Waals surface area contributed by atoms with Gasteiger partial charge in [-0.05, 0) is 34.6 Å². The first kappa shape index (κ1) is 12.4. The molecule has 0 aromatic heterocycles. The van der Waals surface area contributed by atoms with Crippen LogP contribution in [0.5, 0.6) is 0 Å². The van der Waals surface area contributed by atoms with E-state index >= 15 is 0 Å². The first-order valence-corrected chi connectivity index (χ1v) is 4.41. The van der Waals surface area contributed by atoms with E-state index in [-0.39, 0.29) is 5.97 Å². The highest BCUT2D eigenvalue weighted by Gasteiger charge is 2.32. The Morgan fingerprint density at radius 1 is 1.15 bits per heavy atom. The standard InChI is InChI=1S/C10H20O3/c1-9(2,3)13-8(11)10(4,5)7-12-6/h7H2,1-6H3. The lowest BCUT2D eigenvalue weighted by Crippen LogP contribution is -2.36. The number of carbonyl (C=O) groups excluding carboxylic acids is 1. The van der Waals surface area contributed by atoms with E-state index < -0.39 is 11.0 Å². The van der Waals surface area contributed by atoms with Crippen molar-refractivity contribution >= 4 is 5.97 Å². The largest absolute Gasteiger partial charge is 0.459 e. The van der Waals surface area contributed by atoms with E-state index in [2.05, 4.69) is 0 Å². The lowest BCUT2D eigenvalue weighted by molar-refractivity contribution is -0.168. The predicted molar refractivity (Wildman–Crippen MR) is 51.5 cm³/mol. The Morgan fingerprint density at radius 3 is 1.92 bits per heavy atom. The number of esters is 1. The van der Waals surface area contributed by atoms with Gasteiger partial charge < -0.3 is 9.47 Å². The molecule has 0 aliphatic rings. The summed E-state index contributed by atoms with van der Waals surface area (Å²) in [7, 11) is 1.58. The van der Waals surface area contributed by atoms with Gasteiger partial charge in [0.15, 0.2) is 0 Å². The van der Waals surface area contributed by atoms with Crippen LogP contribution < -0.4 is 0 Å². The summed E-state index contributed by atoms with van der Waals surface area (Å²) in [5, 5.41) is 0. The second kappa shape index (κ2) is 4.09. The van der Waals surface area contributed by atoms with Crippen LogP contribution in [0.25, 0.3) is 0 Å². The average Bonchev–Trinajstić information content (AvgIpc) is 1.82. The average molecular weight is 188 g/mol. The molecule has 0 aliphatic heterocycles. The van der Waals surface area contributed by atoms with E-state index in [4.69, 9.17) is 9.47 Å². The lowest BCUT2D eigenvalue weighted by Gasteiger charge is -2.27.